The predicted octanol–water partition coefficient (Wildman–Crippen LogP) is 4.67. The number of anilines is 1. The summed E-state index contributed by atoms with van der Waals surface area (Å²) in [6.45, 7) is 2.44. The van der Waals surface area contributed by atoms with E-state index in [0.717, 1.165) is 37.6 Å². The van der Waals surface area contributed by atoms with E-state index in [2.05, 4.69) is 20.4 Å². The zero-order valence-electron chi connectivity index (χ0n) is 18.3. The van der Waals surface area contributed by atoms with Crippen molar-refractivity contribution in [3.63, 3.8) is 0 Å². The molecule has 0 radical (unpaired) electrons. The van der Waals surface area contributed by atoms with Crippen molar-refractivity contribution in [3.8, 4) is 11.5 Å². The second kappa shape index (κ2) is 8.51. The van der Waals surface area contributed by atoms with E-state index in [1.165, 1.54) is 0 Å². The number of carbonyl (C=O) groups is 1. The Morgan fingerprint density at radius 2 is 1.97 bits per heavy atom. The molecule has 5 rings (SSSR count). The van der Waals surface area contributed by atoms with Gasteiger partial charge in [0.25, 0.3) is 5.91 Å². The van der Waals surface area contributed by atoms with Gasteiger partial charge in [-0.05, 0) is 43.3 Å². The number of pyridine rings is 1. The van der Waals surface area contributed by atoms with Gasteiger partial charge in [-0.15, -0.1) is 11.3 Å². The number of benzene rings is 2. The van der Waals surface area contributed by atoms with Gasteiger partial charge in [0.1, 0.15) is 11.5 Å². The van der Waals surface area contributed by atoms with Crippen LogP contribution in [0.15, 0.2) is 54.9 Å². The number of hydrogen-bond acceptors (Lipinski definition) is 7. The van der Waals surface area contributed by atoms with Gasteiger partial charge in [-0.1, -0.05) is 0 Å². The number of methoxy groups -OCH3 is 2. The van der Waals surface area contributed by atoms with E-state index in [4.69, 9.17) is 9.47 Å². The van der Waals surface area contributed by atoms with Crippen molar-refractivity contribution >= 4 is 44.2 Å². The maximum atomic E-state index is 12.8. The molecule has 0 bridgehead atoms. The van der Waals surface area contributed by atoms with Crippen molar-refractivity contribution in [1.29, 1.82) is 0 Å². The molecule has 0 atom stereocenters. The van der Waals surface area contributed by atoms with E-state index in [1.54, 1.807) is 48.7 Å². The van der Waals surface area contributed by atoms with Crippen LogP contribution in [0.4, 0.5) is 5.69 Å². The smallest absolute Gasteiger partial charge is 0.257 e. The minimum atomic E-state index is -0.227. The highest BCUT2D eigenvalue weighted by atomic mass is 32.1. The standard InChI is InChI=1S/C24H21N5O3S/c1-14-27-20-7-5-18(9-22(20)33-14)28-24(30)17-8-16-12-26-29(23(16)25-11-17)13-15-4-6-19(31-2)10-21(15)32-3/h4-12H,13H2,1-3H3,(H,28,30). The van der Waals surface area contributed by atoms with Crippen molar-refractivity contribution in [3.05, 3.63) is 71.0 Å². The van der Waals surface area contributed by atoms with E-state index in [0.29, 0.717) is 23.5 Å². The average molecular weight is 460 g/mol. The quantitative estimate of drug-likeness (QED) is 0.397. The lowest BCUT2D eigenvalue weighted by atomic mass is 10.2. The van der Waals surface area contributed by atoms with E-state index in [-0.39, 0.29) is 5.91 Å². The van der Waals surface area contributed by atoms with E-state index < -0.39 is 0 Å². The number of thiazole rings is 1. The summed E-state index contributed by atoms with van der Waals surface area (Å²) in [6.07, 6.45) is 3.28. The molecule has 3 aromatic heterocycles. The fraction of sp³-hybridized carbons (Fsp3) is 0.167. The first-order chi connectivity index (χ1) is 16.0. The molecule has 2 aromatic carbocycles. The van der Waals surface area contributed by atoms with Gasteiger partial charge < -0.3 is 14.8 Å². The van der Waals surface area contributed by atoms with Crippen LogP contribution in [-0.2, 0) is 6.54 Å². The van der Waals surface area contributed by atoms with Crippen molar-refractivity contribution in [2.24, 2.45) is 0 Å². The number of nitrogens with one attached hydrogen (secondary N) is 1. The number of ether oxygens (including phenoxy) is 2. The summed E-state index contributed by atoms with van der Waals surface area (Å²) in [7, 11) is 3.24. The summed E-state index contributed by atoms with van der Waals surface area (Å²) in [5, 5.41) is 9.17. The Labute approximate surface area is 193 Å². The number of aromatic nitrogens is 4. The average Bonchev–Trinajstić information content (AvgIpc) is 3.40. The maximum absolute atomic E-state index is 12.8. The van der Waals surface area contributed by atoms with Gasteiger partial charge >= 0.3 is 0 Å². The van der Waals surface area contributed by atoms with Crippen LogP contribution in [0.1, 0.15) is 20.9 Å². The number of hydrogen-bond donors (Lipinski definition) is 1. The third-order valence-electron chi connectivity index (χ3n) is 5.31. The summed E-state index contributed by atoms with van der Waals surface area (Å²) in [5.74, 6) is 1.20. The third-order valence-corrected chi connectivity index (χ3v) is 6.24. The van der Waals surface area contributed by atoms with E-state index >= 15 is 0 Å². The van der Waals surface area contributed by atoms with Gasteiger partial charge in [0, 0.05) is 28.9 Å². The van der Waals surface area contributed by atoms with Crippen LogP contribution in [0.3, 0.4) is 0 Å². The topological polar surface area (TPSA) is 91.2 Å². The molecule has 3 heterocycles. The molecule has 1 amide bonds. The molecule has 0 spiro atoms. The Kier molecular flexibility index (Phi) is 5.39. The van der Waals surface area contributed by atoms with Crippen LogP contribution < -0.4 is 14.8 Å². The monoisotopic (exact) mass is 459 g/mol. The Hall–Kier alpha value is -3.98. The molecular formula is C24H21N5O3S. The molecule has 33 heavy (non-hydrogen) atoms. The molecule has 0 aliphatic heterocycles. The Balaban J connectivity index is 1.37. The van der Waals surface area contributed by atoms with Crippen molar-refractivity contribution in [2.75, 3.05) is 19.5 Å². The Morgan fingerprint density at radius 1 is 1.09 bits per heavy atom. The maximum Gasteiger partial charge on any atom is 0.257 e. The second-order valence-corrected chi connectivity index (χ2v) is 8.72. The molecule has 0 aliphatic carbocycles. The summed E-state index contributed by atoms with van der Waals surface area (Å²) < 4.78 is 13.6. The largest absolute Gasteiger partial charge is 0.497 e. The molecule has 5 aromatic rings. The van der Waals surface area contributed by atoms with Crippen molar-refractivity contribution < 1.29 is 14.3 Å². The summed E-state index contributed by atoms with van der Waals surface area (Å²) in [6, 6.07) is 13.1. The first-order valence-corrected chi connectivity index (χ1v) is 11.1. The molecule has 0 saturated heterocycles. The van der Waals surface area contributed by atoms with Crippen LogP contribution in [0, 0.1) is 6.92 Å². The molecule has 1 N–H and O–H groups in total. The number of fused-ring (bicyclic) bond motifs is 2. The number of carbonyl (C=O) groups excluding carboxylic acids is 1. The summed E-state index contributed by atoms with van der Waals surface area (Å²) in [5.41, 5.74) is 3.74. The highest BCUT2D eigenvalue weighted by Gasteiger charge is 2.13. The molecule has 9 heteroatoms. The SMILES string of the molecule is COc1ccc(Cn2ncc3cc(C(=O)Nc4ccc5nc(C)sc5c4)cnc32)c(OC)c1. The molecule has 8 nitrogen and oxygen atoms in total. The fourth-order valence-corrected chi connectivity index (χ4v) is 4.54. The lowest BCUT2D eigenvalue weighted by Crippen LogP contribution is -2.12. The fourth-order valence-electron chi connectivity index (χ4n) is 3.68. The number of rotatable bonds is 6. The summed E-state index contributed by atoms with van der Waals surface area (Å²) in [4.78, 5) is 21.8. The minimum Gasteiger partial charge on any atom is -0.497 e. The van der Waals surface area contributed by atoms with Crippen LogP contribution in [-0.4, -0.2) is 39.9 Å². The molecule has 0 saturated carbocycles. The zero-order chi connectivity index (χ0) is 22.9. The highest BCUT2D eigenvalue weighted by Crippen LogP contribution is 2.27. The lowest BCUT2D eigenvalue weighted by Gasteiger charge is -2.11. The number of amides is 1. The Morgan fingerprint density at radius 3 is 2.79 bits per heavy atom. The number of nitrogens with zero attached hydrogens (tertiary/aromatic N) is 4. The number of aryl methyl sites for hydroxylation is 1. The Bertz CT molecular complexity index is 1490. The van der Waals surface area contributed by atoms with Crippen LogP contribution in [0.2, 0.25) is 0 Å². The molecule has 0 fully saturated rings. The normalized spacial score (nSPS) is 11.1. The van der Waals surface area contributed by atoms with Gasteiger partial charge in [-0.3, -0.25) is 4.79 Å². The van der Waals surface area contributed by atoms with Gasteiger partial charge in [-0.25, -0.2) is 14.6 Å². The predicted molar refractivity (Wildman–Crippen MR) is 128 cm³/mol. The molecular weight excluding hydrogens is 438 g/mol. The minimum absolute atomic E-state index is 0.227. The molecule has 166 valence electrons. The molecule has 0 aliphatic rings. The van der Waals surface area contributed by atoms with Crippen LogP contribution in [0.25, 0.3) is 21.3 Å². The third kappa shape index (κ3) is 4.10. The second-order valence-electron chi connectivity index (χ2n) is 7.49. The molecule has 0 unspecified atom stereocenters. The lowest BCUT2D eigenvalue weighted by molar-refractivity contribution is 0.102. The van der Waals surface area contributed by atoms with Gasteiger partial charge in [-0.2, -0.15) is 5.10 Å². The zero-order valence-corrected chi connectivity index (χ0v) is 19.1. The van der Waals surface area contributed by atoms with Crippen molar-refractivity contribution in [1.82, 2.24) is 19.7 Å². The summed E-state index contributed by atoms with van der Waals surface area (Å²) >= 11 is 1.60. The van der Waals surface area contributed by atoms with E-state index in [1.807, 2.05) is 43.3 Å². The first-order valence-electron chi connectivity index (χ1n) is 10.2. The highest BCUT2D eigenvalue weighted by molar-refractivity contribution is 7.18. The van der Waals surface area contributed by atoms with Gasteiger partial charge in [0.2, 0.25) is 0 Å². The van der Waals surface area contributed by atoms with Crippen molar-refractivity contribution in [2.45, 2.75) is 13.5 Å². The van der Waals surface area contributed by atoms with Gasteiger partial charge in [0.15, 0.2) is 5.65 Å². The van der Waals surface area contributed by atoms with Crippen LogP contribution in [0.5, 0.6) is 11.5 Å². The van der Waals surface area contributed by atoms with E-state index in [9.17, 15) is 4.79 Å². The first kappa shape index (κ1) is 20.9. The van der Waals surface area contributed by atoms with Crippen LogP contribution >= 0.6 is 11.3 Å². The van der Waals surface area contributed by atoms with Gasteiger partial charge in [0.05, 0.1) is 47.7 Å².